The van der Waals surface area contributed by atoms with Gasteiger partial charge in [-0.25, -0.2) is 0 Å². The summed E-state index contributed by atoms with van der Waals surface area (Å²) in [6, 6.07) is 0. The molecule has 0 aliphatic carbocycles. The lowest BCUT2D eigenvalue weighted by molar-refractivity contribution is 0.197. The predicted molar refractivity (Wildman–Crippen MR) is 31.0 cm³/mol. The second-order valence-electron chi connectivity index (χ2n) is 1.75. The zero-order valence-electron chi connectivity index (χ0n) is 5.14. The topological polar surface area (TPSA) is 53.3 Å². The SMILES string of the molecule is CC(C)OC(=N)CO. The Labute approximate surface area is 48.8 Å². The van der Waals surface area contributed by atoms with Crippen molar-refractivity contribution in [3.8, 4) is 0 Å². The zero-order valence-corrected chi connectivity index (χ0v) is 5.14. The summed E-state index contributed by atoms with van der Waals surface area (Å²) >= 11 is 0. The summed E-state index contributed by atoms with van der Waals surface area (Å²) in [6.45, 7) is 3.31. The van der Waals surface area contributed by atoms with Crippen molar-refractivity contribution in [2.45, 2.75) is 20.0 Å². The Kier molecular flexibility index (Phi) is 3.19. The molecule has 0 unspecified atom stereocenters. The summed E-state index contributed by atoms with van der Waals surface area (Å²) in [4.78, 5) is 0. The average Bonchev–Trinajstić information content (AvgIpc) is 1.65. The van der Waals surface area contributed by atoms with E-state index in [4.69, 9.17) is 15.3 Å². The van der Waals surface area contributed by atoms with Gasteiger partial charge in [0.25, 0.3) is 0 Å². The van der Waals surface area contributed by atoms with Crippen LogP contribution in [0.2, 0.25) is 0 Å². The van der Waals surface area contributed by atoms with Crippen LogP contribution in [0.1, 0.15) is 13.8 Å². The minimum atomic E-state index is -0.307. The van der Waals surface area contributed by atoms with Crippen molar-refractivity contribution in [2.75, 3.05) is 6.61 Å². The molecule has 3 nitrogen and oxygen atoms in total. The Hall–Kier alpha value is -0.570. The highest BCUT2D eigenvalue weighted by Crippen LogP contribution is 1.86. The van der Waals surface area contributed by atoms with Gasteiger partial charge in [-0.3, -0.25) is 5.41 Å². The molecule has 0 rings (SSSR count). The molecule has 0 saturated heterocycles. The van der Waals surface area contributed by atoms with Gasteiger partial charge < -0.3 is 9.84 Å². The molecule has 0 aliphatic rings. The van der Waals surface area contributed by atoms with Crippen molar-refractivity contribution in [3.05, 3.63) is 0 Å². The number of rotatable bonds is 2. The highest BCUT2D eigenvalue weighted by atomic mass is 16.5. The predicted octanol–water partition coefficient (Wildman–Crippen LogP) is 0.381. The fraction of sp³-hybridized carbons (Fsp3) is 0.800. The first-order valence-corrected chi connectivity index (χ1v) is 2.51. The second-order valence-corrected chi connectivity index (χ2v) is 1.75. The lowest BCUT2D eigenvalue weighted by Crippen LogP contribution is -2.13. The quantitative estimate of drug-likeness (QED) is 0.406. The molecule has 0 bridgehead atoms. The van der Waals surface area contributed by atoms with Crippen LogP contribution >= 0.6 is 0 Å². The Balaban J connectivity index is 3.25. The number of nitrogens with one attached hydrogen (secondary N) is 1. The third-order valence-corrected chi connectivity index (χ3v) is 0.522. The lowest BCUT2D eigenvalue weighted by Gasteiger charge is -2.06. The monoisotopic (exact) mass is 117 g/mol. The maximum Gasteiger partial charge on any atom is 0.207 e. The minimum absolute atomic E-state index is 0.00495. The van der Waals surface area contributed by atoms with E-state index in [1.54, 1.807) is 0 Å². The van der Waals surface area contributed by atoms with E-state index < -0.39 is 0 Å². The highest BCUT2D eigenvalue weighted by molar-refractivity contribution is 5.73. The maximum absolute atomic E-state index is 8.23. The van der Waals surface area contributed by atoms with Crippen molar-refractivity contribution < 1.29 is 9.84 Å². The molecule has 0 heterocycles. The molecule has 0 fully saturated rings. The van der Waals surface area contributed by atoms with Crippen LogP contribution in [0.4, 0.5) is 0 Å². The first-order valence-electron chi connectivity index (χ1n) is 2.51. The van der Waals surface area contributed by atoms with Crippen molar-refractivity contribution in [2.24, 2.45) is 0 Å². The molecule has 0 amide bonds. The van der Waals surface area contributed by atoms with E-state index in [0.717, 1.165) is 0 Å². The van der Waals surface area contributed by atoms with Crippen molar-refractivity contribution in [1.29, 1.82) is 5.41 Å². The number of aliphatic hydroxyl groups is 1. The summed E-state index contributed by atoms with van der Waals surface area (Å²) in [5, 5.41) is 15.0. The molecule has 3 heteroatoms. The van der Waals surface area contributed by atoms with Gasteiger partial charge >= 0.3 is 0 Å². The van der Waals surface area contributed by atoms with Crippen LogP contribution in [0.5, 0.6) is 0 Å². The first-order chi connectivity index (χ1) is 3.66. The van der Waals surface area contributed by atoms with Gasteiger partial charge in [-0.1, -0.05) is 0 Å². The molecule has 0 atom stereocenters. The normalized spacial score (nSPS) is 9.50. The van der Waals surface area contributed by atoms with Crippen LogP contribution in [-0.4, -0.2) is 23.7 Å². The summed E-state index contributed by atoms with van der Waals surface area (Å²) in [7, 11) is 0. The van der Waals surface area contributed by atoms with Crippen molar-refractivity contribution in [3.63, 3.8) is 0 Å². The van der Waals surface area contributed by atoms with Crippen LogP contribution < -0.4 is 0 Å². The molecular formula is C5H11NO2. The zero-order chi connectivity index (χ0) is 6.57. The molecule has 0 radical (unpaired) electrons. The third kappa shape index (κ3) is 3.61. The summed E-state index contributed by atoms with van der Waals surface area (Å²) in [5.74, 6) is -0.0694. The molecule has 0 aliphatic heterocycles. The van der Waals surface area contributed by atoms with Gasteiger partial charge in [-0.05, 0) is 13.8 Å². The van der Waals surface area contributed by atoms with Crippen LogP contribution in [-0.2, 0) is 4.74 Å². The smallest absolute Gasteiger partial charge is 0.207 e. The van der Waals surface area contributed by atoms with Gasteiger partial charge in [0.2, 0.25) is 5.90 Å². The van der Waals surface area contributed by atoms with E-state index in [2.05, 4.69) is 0 Å². The van der Waals surface area contributed by atoms with Crippen LogP contribution in [0.25, 0.3) is 0 Å². The van der Waals surface area contributed by atoms with Gasteiger partial charge in [0.1, 0.15) is 6.61 Å². The lowest BCUT2D eigenvalue weighted by atomic mass is 10.5. The Morgan fingerprint density at radius 1 is 1.75 bits per heavy atom. The highest BCUT2D eigenvalue weighted by Gasteiger charge is 1.95. The first kappa shape index (κ1) is 7.43. The third-order valence-electron chi connectivity index (χ3n) is 0.522. The summed E-state index contributed by atoms with van der Waals surface area (Å²) < 4.78 is 4.73. The summed E-state index contributed by atoms with van der Waals surface area (Å²) in [5.41, 5.74) is 0. The number of aliphatic hydroxyl groups excluding tert-OH is 1. The van der Waals surface area contributed by atoms with E-state index in [-0.39, 0.29) is 18.6 Å². The summed E-state index contributed by atoms with van der Waals surface area (Å²) in [6.07, 6.45) is -0.00495. The fourth-order valence-corrected chi connectivity index (χ4v) is 0.322. The van der Waals surface area contributed by atoms with Gasteiger partial charge in [0, 0.05) is 0 Å². The number of hydrogen-bond acceptors (Lipinski definition) is 3. The Morgan fingerprint density at radius 2 is 2.25 bits per heavy atom. The minimum Gasteiger partial charge on any atom is -0.477 e. The van der Waals surface area contributed by atoms with Crippen LogP contribution in [0.15, 0.2) is 0 Å². The molecule has 0 aromatic carbocycles. The molecule has 0 aromatic rings. The van der Waals surface area contributed by atoms with Gasteiger partial charge in [0.05, 0.1) is 6.10 Å². The standard InChI is InChI=1S/C5H11NO2/c1-4(2)8-5(6)3-7/h4,6-7H,3H2,1-2H3. The van der Waals surface area contributed by atoms with Crippen molar-refractivity contribution in [1.82, 2.24) is 0 Å². The largest absolute Gasteiger partial charge is 0.477 e. The van der Waals surface area contributed by atoms with Gasteiger partial charge in [0.15, 0.2) is 0 Å². The Bertz CT molecular complexity index is 80.5. The molecule has 0 saturated carbocycles. The molecule has 48 valence electrons. The molecule has 2 N–H and O–H groups in total. The molecule has 0 spiro atoms. The van der Waals surface area contributed by atoms with Crippen LogP contribution in [0.3, 0.4) is 0 Å². The second kappa shape index (κ2) is 3.43. The molecule has 8 heavy (non-hydrogen) atoms. The Morgan fingerprint density at radius 3 is 2.38 bits per heavy atom. The van der Waals surface area contributed by atoms with Gasteiger partial charge in [-0.2, -0.15) is 0 Å². The number of hydrogen-bond donors (Lipinski definition) is 2. The van der Waals surface area contributed by atoms with E-state index in [1.807, 2.05) is 13.8 Å². The number of ether oxygens (including phenoxy) is 1. The maximum atomic E-state index is 8.23. The average molecular weight is 117 g/mol. The van der Waals surface area contributed by atoms with Gasteiger partial charge in [-0.15, -0.1) is 0 Å². The van der Waals surface area contributed by atoms with E-state index in [0.29, 0.717) is 0 Å². The van der Waals surface area contributed by atoms with Crippen LogP contribution in [0, 0.1) is 5.41 Å². The fourth-order valence-electron chi connectivity index (χ4n) is 0.322. The molecular weight excluding hydrogens is 106 g/mol. The van der Waals surface area contributed by atoms with E-state index >= 15 is 0 Å². The van der Waals surface area contributed by atoms with E-state index in [9.17, 15) is 0 Å². The van der Waals surface area contributed by atoms with Crippen molar-refractivity contribution >= 4 is 5.90 Å². The molecule has 0 aromatic heterocycles. The van der Waals surface area contributed by atoms with E-state index in [1.165, 1.54) is 0 Å².